The van der Waals surface area contributed by atoms with Crippen LogP contribution < -0.4 is 10.6 Å². The fraction of sp³-hybridized carbons (Fsp3) is 0.158. The molecule has 2 aromatic carbocycles. The van der Waals surface area contributed by atoms with Crippen LogP contribution in [0.1, 0.15) is 16.8 Å². The van der Waals surface area contributed by atoms with Crippen molar-refractivity contribution in [3.63, 3.8) is 0 Å². The molecular weight excluding hydrogens is 303 g/mol. The molecule has 0 saturated heterocycles. The maximum absolute atomic E-state index is 13.0. The normalized spacial score (nSPS) is 10.5. The van der Waals surface area contributed by atoms with Crippen LogP contribution in [0, 0.1) is 26.6 Å². The second-order valence-electron chi connectivity index (χ2n) is 5.79. The van der Waals surface area contributed by atoms with Crippen LogP contribution in [0.2, 0.25) is 0 Å². The first-order chi connectivity index (χ1) is 11.5. The topological polar surface area (TPSA) is 49.8 Å². The number of halogens is 1. The van der Waals surface area contributed by atoms with Gasteiger partial charge >= 0.3 is 0 Å². The third-order valence-corrected chi connectivity index (χ3v) is 3.61. The standard InChI is InChI=1S/C19H19FN4/c1-12-4-5-13(2)17(10-12)23-19-21-14(3)11-18(24-19)22-16-8-6-15(20)7-9-16/h4-11H,1-3H3,(H2,21,22,23,24). The first kappa shape index (κ1) is 15.9. The second kappa shape index (κ2) is 6.66. The fourth-order valence-electron chi connectivity index (χ4n) is 2.36. The highest BCUT2D eigenvalue weighted by Gasteiger charge is 2.06. The lowest BCUT2D eigenvalue weighted by atomic mass is 10.1. The van der Waals surface area contributed by atoms with Crippen molar-refractivity contribution in [2.24, 2.45) is 0 Å². The van der Waals surface area contributed by atoms with Gasteiger partial charge in [-0.3, -0.25) is 0 Å². The van der Waals surface area contributed by atoms with E-state index in [0.29, 0.717) is 11.8 Å². The van der Waals surface area contributed by atoms with E-state index in [-0.39, 0.29) is 5.82 Å². The van der Waals surface area contributed by atoms with Crippen LogP contribution >= 0.6 is 0 Å². The van der Waals surface area contributed by atoms with Gasteiger partial charge in [0.15, 0.2) is 0 Å². The Hall–Kier alpha value is -2.95. The number of benzene rings is 2. The molecule has 5 heteroatoms. The minimum atomic E-state index is -0.267. The van der Waals surface area contributed by atoms with Crippen LogP contribution in [-0.2, 0) is 0 Å². The second-order valence-corrected chi connectivity index (χ2v) is 5.79. The molecule has 0 atom stereocenters. The minimum absolute atomic E-state index is 0.267. The zero-order valence-electron chi connectivity index (χ0n) is 13.9. The van der Waals surface area contributed by atoms with Gasteiger partial charge in [-0.15, -0.1) is 0 Å². The summed E-state index contributed by atoms with van der Waals surface area (Å²) in [5.74, 6) is 0.909. The van der Waals surface area contributed by atoms with Gasteiger partial charge < -0.3 is 10.6 Å². The molecule has 0 aliphatic heterocycles. The van der Waals surface area contributed by atoms with Crippen molar-refractivity contribution in [2.45, 2.75) is 20.8 Å². The van der Waals surface area contributed by atoms with Gasteiger partial charge in [0, 0.05) is 23.1 Å². The molecule has 0 unspecified atom stereocenters. The zero-order valence-corrected chi connectivity index (χ0v) is 13.9. The molecule has 3 rings (SSSR count). The molecule has 0 amide bonds. The summed E-state index contributed by atoms with van der Waals surface area (Å²) in [5.41, 5.74) is 4.88. The van der Waals surface area contributed by atoms with Gasteiger partial charge in [0.2, 0.25) is 5.95 Å². The summed E-state index contributed by atoms with van der Waals surface area (Å²) in [6, 6.07) is 14.2. The molecule has 0 bridgehead atoms. The van der Waals surface area contributed by atoms with E-state index < -0.39 is 0 Å². The van der Waals surface area contributed by atoms with Crippen molar-refractivity contribution in [3.05, 3.63) is 71.2 Å². The number of hydrogen-bond acceptors (Lipinski definition) is 4. The molecule has 0 saturated carbocycles. The Morgan fingerprint density at radius 1 is 0.833 bits per heavy atom. The van der Waals surface area contributed by atoms with E-state index in [4.69, 9.17) is 0 Å². The van der Waals surface area contributed by atoms with Crippen LogP contribution in [0.15, 0.2) is 48.5 Å². The molecular formula is C19H19FN4. The van der Waals surface area contributed by atoms with Crippen molar-refractivity contribution in [3.8, 4) is 0 Å². The predicted molar refractivity (Wildman–Crippen MR) is 95.7 cm³/mol. The molecule has 2 N–H and O–H groups in total. The quantitative estimate of drug-likeness (QED) is 0.707. The fourth-order valence-corrected chi connectivity index (χ4v) is 2.36. The molecule has 3 aromatic rings. The van der Waals surface area contributed by atoms with Crippen molar-refractivity contribution >= 4 is 23.1 Å². The number of aryl methyl sites for hydroxylation is 3. The molecule has 0 aliphatic carbocycles. The summed E-state index contributed by atoms with van der Waals surface area (Å²) in [4.78, 5) is 8.92. The van der Waals surface area contributed by atoms with Crippen molar-refractivity contribution < 1.29 is 4.39 Å². The van der Waals surface area contributed by atoms with Crippen LogP contribution in [0.4, 0.5) is 27.5 Å². The summed E-state index contributed by atoms with van der Waals surface area (Å²) in [7, 11) is 0. The van der Waals surface area contributed by atoms with Crippen LogP contribution in [-0.4, -0.2) is 9.97 Å². The van der Waals surface area contributed by atoms with Gasteiger partial charge in [-0.25, -0.2) is 9.37 Å². The van der Waals surface area contributed by atoms with Crippen LogP contribution in [0.25, 0.3) is 0 Å². The SMILES string of the molecule is Cc1ccc(C)c(Nc2nc(C)cc(Nc3ccc(F)cc3)n2)c1. The number of anilines is 4. The van der Waals surface area contributed by atoms with E-state index >= 15 is 0 Å². The zero-order chi connectivity index (χ0) is 17.1. The summed E-state index contributed by atoms with van der Waals surface area (Å²) in [6.45, 7) is 5.99. The van der Waals surface area contributed by atoms with E-state index in [1.807, 2.05) is 26.8 Å². The monoisotopic (exact) mass is 322 g/mol. The van der Waals surface area contributed by atoms with Gasteiger partial charge in [-0.05, 0) is 62.2 Å². The van der Waals surface area contributed by atoms with Crippen molar-refractivity contribution in [1.82, 2.24) is 9.97 Å². The van der Waals surface area contributed by atoms with E-state index in [2.05, 4.69) is 38.8 Å². The Balaban J connectivity index is 1.85. The Kier molecular flexibility index (Phi) is 4.42. The van der Waals surface area contributed by atoms with E-state index in [1.54, 1.807) is 12.1 Å². The molecule has 0 spiro atoms. The van der Waals surface area contributed by atoms with Crippen LogP contribution in [0.5, 0.6) is 0 Å². The third-order valence-electron chi connectivity index (χ3n) is 3.61. The van der Waals surface area contributed by atoms with Gasteiger partial charge in [0.1, 0.15) is 11.6 Å². The first-order valence-electron chi connectivity index (χ1n) is 7.72. The Morgan fingerprint density at radius 2 is 1.58 bits per heavy atom. The molecule has 1 aromatic heterocycles. The molecule has 0 fully saturated rings. The summed E-state index contributed by atoms with van der Waals surface area (Å²) >= 11 is 0. The average Bonchev–Trinajstić information content (AvgIpc) is 2.53. The summed E-state index contributed by atoms with van der Waals surface area (Å²) in [5, 5.41) is 6.43. The number of rotatable bonds is 4. The molecule has 0 radical (unpaired) electrons. The lowest BCUT2D eigenvalue weighted by Gasteiger charge is -2.12. The summed E-state index contributed by atoms with van der Waals surface area (Å²) < 4.78 is 13.0. The maximum Gasteiger partial charge on any atom is 0.229 e. The predicted octanol–water partition coefficient (Wildman–Crippen LogP) is 5.03. The first-order valence-corrected chi connectivity index (χ1v) is 7.72. The Morgan fingerprint density at radius 3 is 2.33 bits per heavy atom. The number of nitrogens with one attached hydrogen (secondary N) is 2. The maximum atomic E-state index is 13.0. The summed E-state index contributed by atoms with van der Waals surface area (Å²) in [6.07, 6.45) is 0. The largest absolute Gasteiger partial charge is 0.340 e. The molecule has 24 heavy (non-hydrogen) atoms. The van der Waals surface area contributed by atoms with Crippen LogP contribution in [0.3, 0.4) is 0 Å². The minimum Gasteiger partial charge on any atom is -0.340 e. The number of nitrogens with zero attached hydrogens (tertiary/aromatic N) is 2. The smallest absolute Gasteiger partial charge is 0.229 e. The number of aromatic nitrogens is 2. The van der Waals surface area contributed by atoms with E-state index in [0.717, 1.165) is 22.6 Å². The van der Waals surface area contributed by atoms with Crippen molar-refractivity contribution in [2.75, 3.05) is 10.6 Å². The molecule has 0 aliphatic rings. The number of hydrogen-bond donors (Lipinski definition) is 2. The van der Waals surface area contributed by atoms with Gasteiger partial charge in [0.05, 0.1) is 0 Å². The molecule has 1 heterocycles. The van der Waals surface area contributed by atoms with Gasteiger partial charge in [0.25, 0.3) is 0 Å². The third kappa shape index (κ3) is 3.87. The highest BCUT2D eigenvalue weighted by molar-refractivity contribution is 5.62. The van der Waals surface area contributed by atoms with Gasteiger partial charge in [-0.1, -0.05) is 12.1 Å². The van der Waals surface area contributed by atoms with Gasteiger partial charge in [-0.2, -0.15) is 4.98 Å². The van der Waals surface area contributed by atoms with E-state index in [1.165, 1.54) is 17.7 Å². The lowest BCUT2D eigenvalue weighted by molar-refractivity contribution is 0.628. The average molecular weight is 322 g/mol. The lowest BCUT2D eigenvalue weighted by Crippen LogP contribution is -2.03. The van der Waals surface area contributed by atoms with E-state index in [9.17, 15) is 4.39 Å². The van der Waals surface area contributed by atoms with Crippen molar-refractivity contribution in [1.29, 1.82) is 0 Å². The molecule has 4 nitrogen and oxygen atoms in total. The Labute approximate surface area is 140 Å². The Bertz CT molecular complexity index is 860. The highest BCUT2D eigenvalue weighted by Crippen LogP contribution is 2.22. The highest BCUT2D eigenvalue weighted by atomic mass is 19.1. The molecule has 122 valence electrons.